The van der Waals surface area contributed by atoms with Gasteiger partial charge in [0.2, 0.25) is 0 Å². The third-order valence-electron chi connectivity index (χ3n) is 6.61. The molecule has 6 nitrogen and oxygen atoms in total. The van der Waals surface area contributed by atoms with Crippen LogP contribution in [0.15, 0.2) is 36.4 Å². The van der Waals surface area contributed by atoms with Crippen LogP contribution in [0.2, 0.25) is 0 Å². The van der Waals surface area contributed by atoms with Crippen LogP contribution in [0.25, 0.3) is 11.0 Å². The number of hydrogen-bond donors (Lipinski definition) is 1. The van der Waals surface area contributed by atoms with E-state index < -0.39 is 0 Å². The first kappa shape index (κ1) is 19.2. The van der Waals surface area contributed by atoms with E-state index >= 15 is 0 Å². The number of amides is 1. The lowest BCUT2D eigenvalue weighted by Crippen LogP contribution is -2.41. The van der Waals surface area contributed by atoms with Gasteiger partial charge in [0.15, 0.2) is 0 Å². The van der Waals surface area contributed by atoms with Crippen molar-refractivity contribution in [3.63, 3.8) is 0 Å². The summed E-state index contributed by atoms with van der Waals surface area (Å²) in [7, 11) is 0. The Hall–Kier alpha value is -2.73. The number of carbonyl (C=O) groups is 1. The first-order chi connectivity index (χ1) is 14.6. The fourth-order valence-corrected chi connectivity index (χ4v) is 4.60. The highest BCUT2D eigenvalue weighted by Gasteiger charge is 2.26. The maximum Gasteiger partial charge on any atom is 0.255 e. The number of fused-ring (bicyclic) bond motifs is 2. The Morgan fingerprint density at radius 2 is 1.87 bits per heavy atom. The zero-order valence-electron chi connectivity index (χ0n) is 17.8. The number of nitrogens with one attached hydrogen (secondary N) is 1. The normalized spacial score (nSPS) is 17.6. The molecule has 1 aliphatic heterocycles. The first-order valence-corrected chi connectivity index (χ1v) is 11.1. The van der Waals surface area contributed by atoms with Gasteiger partial charge in [-0.2, -0.15) is 0 Å². The number of hydrogen-bond acceptors (Lipinski definition) is 4. The summed E-state index contributed by atoms with van der Waals surface area (Å²) >= 11 is 0. The topological polar surface area (TPSA) is 63.1 Å². The van der Waals surface area contributed by atoms with Crippen molar-refractivity contribution in [2.75, 3.05) is 18.4 Å². The van der Waals surface area contributed by atoms with Crippen LogP contribution >= 0.6 is 0 Å². The second-order valence-corrected chi connectivity index (χ2v) is 8.89. The molecule has 0 bridgehead atoms. The number of aromatic nitrogens is 3. The van der Waals surface area contributed by atoms with Crippen LogP contribution in [0.3, 0.4) is 0 Å². The molecule has 2 heterocycles. The zero-order valence-corrected chi connectivity index (χ0v) is 17.8. The lowest BCUT2D eigenvalue weighted by atomic mass is 9.91. The largest absolute Gasteiger partial charge is 0.322 e. The van der Waals surface area contributed by atoms with Crippen LogP contribution in [0.5, 0.6) is 0 Å². The highest BCUT2D eigenvalue weighted by molar-refractivity contribution is 6.05. The van der Waals surface area contributed by atoms with Crippen LogP contribution < -0.4 is 5.32 Å². The Morgan fingerprint density at radius 3 is 2.60 bits per heavy atom. The molecule has 0 radical (unpaired) electrons. The van der Waals surface area contributed by atoms with E-state index in [1.54, 1.807) is 0 Å². The van der Waals surface area contributed by atoms with Crippen molar-refractivity contribution in [3.8, 4) is 0 Å². The summed E-state index contributed by atoms with van der Waals surface area (Å²) in [5, 5.41) is 11.5. The molecule has 1 fully saturated rings. The zero-order chi connectivity index (χ0) is 20.7. The Kier molecular flexibility index (Phi) is 5.03. The van der Waals surface area contributed by atoms with Crippen LogP contribution in [0.1, 0.15) is 60.6 Å². The fraction of sp³-hybridized carbons (Fsp3) is 0.458. The summed E-state index contributed by atoms with van der Waals surface area (Å²) in [6, 6.07) is 13.0. The minimum Gasteiger partial charge on any atom is -0.322 e. The van der Waals surface area contributed by atoms with Gasteiger partial charge in [-0.1, -0.05) is 17.7 Å². The molecule has 30 heavy (non-hydrogen) atoms. The van der Waals surface area contributed by atoms with E-state index in [2.05, 4.69) is 46.5 Å². The van der Waals surface area contributed by atoms with E-state index in [0.717, 1.165) is 48.7 Å². The predicted molar refractivity (Wildman–Crippen MR) is 119 cm³/mol. The average molecular weight is 404 g/mol. The smallest absolute Gasteiger partial charge is 0.255 e. The molecule has 2 aliphatic rings. The van der Waals surface area contributed by atoms with Gasteiger partial charge in [0.25, 0.3) is 5.91 Å². The third kappa shape index (κ3) is 3.60. The summed E-state index contributed by atoms with van der Waals surface area (Å²) < 4.78 is 1.87. The highest BCUT2D eigenvalue weighted by atomic mass is 16.1. The van der Waals surface area contributed by atoms with Gasteiger partial charge >= 0.3 is 0 Å². The quantitative estimate of drug-likeness (QED) is 0.709. The second kappa shape index (κ2) is 7.84. The maximum atomic E-state index is 12.8. The van der Waals surface area contributed by atoms with Gasteiger partial charge < -0.3 is 5.32 Å². The van der Waals surface area contributed by atoms with Crippen molar-refractivity contribution in [2.24, 2.45) is 0 Å². The van der Waals surface area contributed by atoms with Gasteiger partial charge in [0.05, 0.1) is 5.52 Å². The minimum absolute atomic E-state index is 0.110. The summed E-state index contributed by atoms with van der Waals surface area (Å²) in [6.07, 6.45) is 6.24. The van der Waals surface area contributed by atoms with Gasteiger partial charge in [-0.25, -0.2) is 4.68 Å². The summed E-state index contributed by atoms with van der Waals surface area (Å²) in [6.45, 7) is 6.41. The summed E-state index contributed by atoms with van der Waals surface area (Å²) in [5.41, 5.74) is 5.94. The second-order valence-electron chi connectivity index (χ2n) is 8.89. The SMILES string of the molecule is CC(C)n1nnc2cc(C(=O)Nc3ccc4c(c3)CCN(C3CCC3)CC4)ccc21. The number of benzene rings is 2. The standard InChI is InChI=1S/C24H29N5O/c1-16(2)29-23-9-7-19(15-22(23)26-27-29)24(30)25-20-8-6-17-10-12-28(21-4-3-5-21)13-11-18(17)14-20/h6-9,14-16,21H,3-5,10-13H2,1-2H3,(H,25,30). The van der Waals surface area contributed by atoms with E-state index in [-0.39, 0.29) is 11.9 Å². The molecule has 0 atom stereocenters. The molecule has 0 unspecified atom stereocenters. The van der Waals surface area contributed by atoms with Crippen LogP contribution in [0, 0.1) is 0 Å². The van der Waals surface area contributed by atoms with Crippen LogP contribution in [-0.4, -0.2) is 44.9 Å². The molecule has 1 aromatic heterocycles. The van der Waals surface area contributed by atoms with Crippen molar-refractivity contribution < 1.29 is 4.79 Å². The first-order valence-electron chi connectivity index (χ1n) is 11.1. The van der Waals surface area contributed by atoms with E-state index in [0.29, 0.717) is 5.56 Å². The van der Waals surface area contributed by atoms with E-state index in [9.17, 15) is 4.79 Å². The molecule has 0 spiro atoms. The van der Waals surface area contributed by atoms with Crippen molar-refractivity contribution >= 4 is 22.6 Å². The van der Waals surface area contributed by atoms with E-state index in [1.807, 2.05) is 28.9 Å². The highest BCUT2D eigenvalue weighted by Crippen LogP contribution is 2.28. The van der Waals surface area contributed by atoms with Crippen molar-refractivity contribution in [1.29, 1.82) is 0 Å². The Labute approximate surface area is 177 Å². The Morgan fingerprint density at radius 1 is 1.07 bits per heavy atom. The van der Waals surface area contributed by atoms with Gasteiger partial charge in [-0.05, 0) is 81.0 Å². The van der Waals surface area contributed by atoms with Gasteiger partial charge in [0.1, 0.15) is 5.52 Å². The minimum atomic E-state index is -0.110. The molecule has 3 aromatic rings. The molecule has 1 saturated carbocycles. The lowest BCUT2D eigenvalue weighted by Gasteiger charge is -2.36. The molecule has 1 aliphatic carbocycles. The number of rotatable bonds is 4. The molecule has 1 N–H and O–H groups in total. The lowest BCUT2D eigenvalue weighted by molar-refractivity contribution is 0.102. The molecule has 156 valence electrons. The number of anilines is 1. The van der Waals surface area contributed by atoms with E-state index in [4.69, 9.17) is 0 Å². The number of carbonyl (C=O) groups excluding carboxylic acids is 1. The van der Waals surface area contributed by atoms with Crippen molar-refractivity contribution in [1.82, 2.24) is 19.9 Å². The fourth-order valence-electron chi connectivity index (χ4n) is 4.60. The predicted octanol–water partition coefficient (Wildman–Crippen LogP) is 4.22. The summed E-state index contributed by atoms with van der Waals surface area (Å²) in [5.74, 6) is -0.110. The van der Waals surface area contributed by atoms with Gasteiger partial charge in [0, 0.05) is 36.4 Å². The summed E-state index contributed by atoms with van der Waals surface area (Å²) in [4.78, 5) is 15.5. The van der Waals surface area contributed by atoms with Crippen LogP contribution in [0.4, 0.5) is 5.69 Å². The van der Waals surface area contributed by atoms with Gasteiger partial charge in [-0.15, -0.1) is 5.10 Å². The number of nitrogens with zero attached hydrogens (tertiary/aromatic N) is 4. The monoisotopic (exact) mass is 403 g/mol. The molecular weight excluding hydrogens is 374 g/mol. The molecule has 6 heteroatoms. The Bertz CT molecular complexity index is 1080. The molecule has 1 amide bonds. The average Bonchev–Trinajstić information content (AvgIpc) is 3.02. The third-order valence-corrected chi connectivity index (χ3v) is 6.61. The van der Waals surface area contributed by atoms with Crippen molar-refractivity contribution in [3.05, 3.63) is 53.1 Å². The molecule has 5 rings (SSSR count). The molecule has 2 aromatic carbocycles. The Balaban J connectivity index is 1.31. The molecular formula is C24H29N5O. The molecule has 0 saturated heterocycles. The maximum absolute atomic E-state index is 12.8. The van der Waals surface area contributed by atoms with Gasteiger partial charge in [-0.3, -0.25) is 9.69 Å². The van der Waals surface area contributed by atoms with E-state index in [1.165, 1.54) is 30.4 Å². The van der Waals surface area contributed by atoms with Crippen molar-refractivity contribution in [2.45, 2.75) is 58.0 Å². The van der Waals surface area contributed by atoms with Crippen LogP contribution in [-0.2, 0) is 12.8 Å².